The zero-order valence-corrected chi connectivity index (χ0v) is 20.1. The largest absolute Gasteiger partial charge is 0.573 e. The minimum Gasteiger partial charge on any atom is -0.406 e. The number of ether oxygens (including phenoxy) is 1. The molecule has 4 rings (SSSR count). The zero-order chi connectivity index (χ0) is 25.5. The van der Waals surface area contributed by atoms with Crippen molar-refractivity contribution in [3.8, 4) is 5.75 Å². The van der Waals surface area contributed by atoms with Gasteiger partial charge in [0.1, 0.15) is 11.3 Å². The molecule has 5 nitrogen and oxygen atoms in total. The van der Waals surface area contributed by atoms with E-state index in [1.165, 1.54) is 21.9 Å². The molecule has 0 aliphatic carbocycles. The van der Waals surface area contributed by atoms with Crippen molar-refractivity contribution in [2.75, 3.05) is 9.80 Å². The summed E-state index contributed by atoms with van der Waals surface area (Å²) < 4.78 is 43.1. The highest BCUT2D eigenvalue weighted by Crippen LogP contribution is 2.50. The van der Waals surface area contributed by atoms with Crippen molar-refractivity contribution in [1.82, 2.24) is 0 Å². The van der Waals surface area contributed by atoms with Crippen molar-refractivity contribution in [3.63, 3.8) is 0 Å². The number of hydrogen-bond acceptors (Lipinski definition) is 3. The molecule has 1 N–H and O–H groups in total. The number of aliphatic hydroxyl groups excluding tert-OH is 1. The van der Waals surface area contributed by atoms with Crippen LogP contribution >= 0.6 is 23.2 Å². The fourth-order valence-electron chi connectivity index (χ4n) is 4.56. The number of rotatable bonds is 5. The third-order valence-electron chi connectivity index (χ3n) is 6.01. The number of urea groups is 1. The fourth-order valence-corrected chi connectivity index (χ4v) is 4.81. The van der Waals surface area contributed by atoms with Gasteiger partial charge in [0.2, 0.25) is 0 Å². The van der Waals surface area contributed by atoms with Crippen LogP contribution in [0.1, 0.15) is 19.4 Å². The van der Waals surface area contributed by atoms with Crippen LogP contribution in [-0.4, -0.2) is 23.7 Å². The number of carbonyl (C=O) groups excluding carboxylic acids is 1. The Kier molecular flexibility index (Phi) is 6.66. The monoisotopic (exact) mass is 524 g/mol. The van der Waals surface area contributed by atoms with Crippen LogP contribution in [0, 0.1) is 5.92 Å². The molecule has 2 unspecified atom stereocenters. The maximum Gasteiger partial charge on any atom is 0.573 e. The Labute approximate surface area is 210 Å². The van der Waals surface area contributed by atoms with Crippen molar-refractivity contribution < 1.29 is 27.8 Å². The Morgan fingerprint density at radius 3 is 2.00 bits per heavy atom. The van der Waals surface area contributed by atoms with E-state index in [9.17, 15) is 23.1 Å². The molecule has 2 atom stereocenters. The van der Waals surface area contributed by atoms with Crippen LogP contribution in [0.3, 0.4) is 0 Å². The third-order valence-corrected chi connectivity index (χ3v) is 6.51. The molecule has 184 valence electrons. The first-order valence-corrected chi connectivity index (χ1v) is 11.4. The molecule has 0 saturated carbocycles. The lowest BCUT2D eigenvalue weighted by Gasteiger charge is -2.43. The van der Waals surface area contributed by atoms with Gasteiger partial charge >= 0.3 is 12.4 Å². The summed E-state index contributed by atoms with van der Waals surface area (Å²) >= 11 is 12.1. The first kappa shape index (κ1) is 25.2. The number of carbonyl (C=O) groups is 1. The molecular weight excluding hydrogens is 504 g/mol. The van der Waals surface area contributed by atoms with E-state index >= 15 is 0 Å². The van der Waals surface area contributed by atoms with Crippen molar-refractivity contribution in [2.45, 2.75) is 32.0 Å². The molecule has 2 amide bonds. The number of aliphatic hydroxyl groups is 1. The van der Waals surface area contributed by atoms with Crippen molar-refractivity contribution in [1.29, 1.82) is 0 Å². The summed E-state index contributed by atoms with van der Waals surface area (Å²) in [6, 6.07) is 17.5. The predicted octanol–water partition coefficient (Wildman–Crippen LogP) is 7.21. The summed E-state index contributed by atoms with van der Waals surface area (Å²) in [7, 11) is 0. The van der Waals surface area contributed by atoms with E-state index in [2.05, 4.69) is 4.74 Å². The van der Waals surface area contributed by atoms with Crippen molar-refractivity contribution in [3.05, 3.63) is 88.4 Å². The highest BCUT2D eigenvalue weighted by Gasteiger charge is 2.60. The Hall–Kier alpha value is -2.94. The quantitative estimate of drug-likeness (QED) is 0.383. The van der Waals surface area contributed by atoms with Crippen molar-refractivity contribution >= 4 is 40.6 Å². The lowest BCUT2D eigenvalue weighted by atomic mass is 9.77. The molecule has 0 spiro atoms. The fraction of sp³-hybridized carbons (Fsp3) is 0.240. The lowest BCUT2D eigenvalue weighted by Crippen LogP contribution is -2.53. The Morgan fingerprint density at radius 2 is 1.49 bits per heavy atom. The second-order valence-electron chi connectivity index (χ2n) is 8.37. The maximum atomic E-state index is 13.9. The molecule has 0 bridgehead atoms. The molecular formula is C25H21Cl2F3N2O3. The van der Waals surface area contributed by atoms with Gasteiger partial charge in [0, 0.05) is 21.4 Å². The molecule has 1 aliphatic rings. The highest BCUT2D eigenvalue weighted by atomic mass is 35.5. The van der Waals surface area contributed by atoms with Gasteiger partial charge in [-0.15, -0.1) is 13.2 Å². The number of hydrogen-bond donors (Lipinski definition) is 1. The Bertz CT molecular complexity index is 1220. The van der Waals surface area contributed by atoms with Gasteiger partial charge < -0.3 is 9.84 Å². The molecule has 3 aromatic carbocycles. The molecule has 1 saturated heterocycles. The van der Waals surface area contributed by atoms with Gasteiger partial charge in [0.15, 0.2) is 6.23 Å². The normalized spacial score (nSPS) is 20.6. The number of nitrogens with zero attached hydrogens (tertiary/aromatic N) is 2. The van der Waals surface area contributed by atoms with E-state index < -0.39 is 35.8 Å². The minimum absolute atomic E-state index is 0.265. The Morgan fingerprint density at radius 1 is 0.943 bits per heavy atom. The molecule has 1 fully saturated rings. The van der Waals surface area contributed by atoms with Gasteiger partial charge in [-0.05, 0) is 72.1 Å². The summed E-state index contributed by atoms with van der Waals surface area (Å²) in [4.78, 5) is 16.5. The second-order valence-corrected chi connectivity index (χ2v) is 9.24. The zero-order valence-electron chi connectivity index (χ0n) is 18.6. The van der Waals surface area contributed by atoms with Gasteiger partial charge in [-0.3, -0.25) is 9.80 Å². The Balaban J connectivity index is 1.96. The lowest BCUT2D eigenvalue weighted by molar-refractivity contribution is -0.274. The molecule has 3 aromatic rings. The van der Waals surface area contributed by atoms with Crippen LogP contribution in [0.4, 0.5) is 29.3 Å². The van der Waals surface area contributed by atoms with E-state index in [1.54, 1.807) is 68.4 Å². The number of halogens is 5. The average molecular weight is 525 g/mol. The summed E-state index contributed by atoms with van der Waals surface area (Å²) in [5.74, 6) is -0.925. The van der Waals surface area contributed by atoms with Crippen LogP contribution in [0.5, 0.6) is 5.75 Å². The van der Waals surface area contributed by atoms with E-state index in [0.29, 0.717) is 21.4 Å². The van der Waals surface area contributed by atoms with E-state index in [1.807, 2.05) is 0 Å². The average Bonchev–Trinajstić information content (AvgIpc) is 3.01. The molecule has 1 heterocycles. The van der Waals surface area contributed by atoms with Crippen LogP contribution in [0.15, 0.2) is 72.8 Å². The van der Waals surface area contributed by atoms with Gasteiger partial charge in [0.25, 0.3) is 0 Å². The summed E-state index contributed by atoms with van der Waals surface area (Å²) in [6.07, 6.45) is -6.38. The summed E-state index contributed by atoms with van der Waals surface area (Å²) in [5.41, 5.74) is -0.446. The standard InChI is InChI=1S/C25H21Cl2F3N2O3/c1-15(2)24(16-4-3-5-21(14-16)35-25(28,29)30)22(33)31(19-10-6-17(26)7-11-19)23(34)32(24)20-12-8-18(27)9-13-20/h3-15,22,33H,1-2H3. The molecule has 0 aromatic heterocycles. The SMILES string of the molecule is CC(C)C1(c2cccc(OC(F)(F)F)c2)C(O)N(c2ccc(Cl)cc2)C(=O)N1c1ccc(Cl)cc1. The smallest absolute Gasteiger partial charge is 0.406 e. The van der Waals surface area contributed by atoms with Crippen LogP contribution in [0.2, 0.25) is 10.0 Å². The van der Waals surface area contributed by atoms with E-state index in [4.69, 9.17) is 23.2 Å². The summed E-state index contributed by atoms with van der Waals surface area (Å²) in [5, 5.41) is 12.6. The number of benzene rings is 3. The summed E-state index contributed by atoms with van der Waals surface area (Å²) in [6.45, 7) is 3.56. The third kappa shape index (κ3) is 4.53. The van der Waals surface area contributed by atoms with Gasteiger partial charge in [-0.2, -0.15) is 0 Å². The topological polar surface area (TPSA) is 53.0 Å². The number of amides is 2. The van der Waals surface area contributed by atoms with Crippen LogP contribution in [0.25, 0.3) is 0 Å². The predicted molar refractivity (Wildman–Crippen MR) is 129 cm³/mol. The van der Waals surface area contributed by atoms with Gasteiger partial charge in [-0.25, -0.2) is 4.79 Å². The van der Waals surface area contributed by atoms with Crippen LogP contribution in [-0.2, 0) is 5.54 Å². The minimum atomic E-state index is -4.90. The van der Waals surface area contributed by atoms with Crippen molar-refractivity contribution in [2.24, 2.45) is 5.92 Å². The van der Waals surface area contributed by atoms with Gasteiger partial charge in [-0.1, -0.05) is 49.2 Å². The number of alkyl halides is 3. The second kappa shape index (κ2) is 9.26. The maximum absolute atomic E-state index is 13.9. The first-order chi connectivity index (χ1) is 16.4. The van der Waals surface area contributed by atoms with Gasteiger partial charge in [0.05, 0.1) is 0 Å². The van der Waals surface area contributed by atoms with E-state index in [0.717, 1.165) is 6.07 Å². The van der Waals surface area contributed by atoms with Crippen LogP contribution < -0.4 is 14.5 Å². The molecule has 35 heavy (non-hydrogen) atoms. The number of anilines is 2. The molecule has 10 heteroatoms. The molecule has 0 radical (unpaired) electrons. The highest BCUT2D eigenvalue weighted by molar-refractivity contribution is 6.31. The molecule has 1 aliphatic heterocycles. The first-order valence-electron chi connectivity index (χ1n) is 10.6. The van der Waals surface area contributed by atoms with E-state index in [-0.39, 0.29) is 5.56 Å².